The van der Waals surface area contributed by atoms with E-state index in [0.29, 0.717) is 5.88 Å². The van der Waals surface area contributed by atoms with Gasteiger partial charge in [0.1, 0.15) is 0 Å². The molecule has 0 saturated heterocycles. The fourth-order valence-corrected chi connectivity index (χ4v) is 3.01. The van der Waals surface area contributed by atoms with E-state index < -0.39 is 0 Å². The summed E-state index contributed by atoms with van der Waals surface area (Å²) in [5, 5.41) is 1.98. The minimum absolute atomic E-state index is 0.0680. The highest BCUT2D eigenvalue weighted by Crippen LogP contribution is 2.29. The molecule has 2 heterocycles. The van der Waals surface area contributed by atoms with Crippen molar-refractivity contribution in [1.29, 1.82) is 0 Å². The molecule has 1 atom stereocenters. The van der Waals surface area contributed by atoms with Crippen molar-refractivity contribution in [2.24, 2.45) is 5.73 Å². The van der Waals surface area contributed by atoms with Crippen molar-refractivity contribution in [1.82, 2.24) is 14.9 Å². The summed E-state index contributed by atoms with van der Waals surface area (Å²) < 4.78 is 0. The molecule has 2 N–H and O–H groups in total. The molecule has 1 aliphatic heterocycles. The highest BCUT2D eigenvalue weighted by atomic mass is 16.7. The van der Waals surface area contributed by atoms with Crippen molar-refractivity contribution in [3.05, 3.63) is 42.0 Å². The van der Waals surface area contributed by atoms with Crippen LogP contribution >= 0.6 is 0 Å². The quantitative estimate of drug-likeness (QED) is 0.672. The zero-order chi connectivity index (χ0) is 17.2. The van der Waals surface area contributed by atoms with Crippen LogP contribution in [-0.2, 0) is 4.84 Å². The van der Waals surface area contributed by atoms with E-state index >= 15 is 0 Å². The van der Waals surface area contributed by atoms with Gasteiger partial charge in [-0.05, 0) is 50.5 Å². The summed E-state index contributed by atoms with van der Waals surface area (Å²) in [4.78, 5) is 12.5. The first-order chi connectivity index (χ1) is 11.7. The number of hydrogen-bond acceptors (Lipinski definition) is 5. The van der Waals surface area contributed by atoms with Crippen LogP contribution in [0.25, 0.3) is 0 Å². The topological polar surface area (TPSA) is 54.6 Å². The van der Waals surface area contributed by atoms with Crippen molar-refractivity contribution in [3.63, 3.8) is 0 Å². The molecule has 0 radical (unpaired) electrons. The lowest BCUT2D eigenvalue weighted by Crippen LogP contribution is -2.31. The van der Waals surface area contributed by atoms with Gasteiger partial charge in [-0.15, -0.1) is 5.06 Å². The van der Waals surface area contributed by atoms with Gasteiger partial charge in [0.25, 0.3) is 0 Å². The lowest BCUT2D eigenvalue weighted by atomic mass is 10.1. The van der Waals surface area contributed by atoms with Crippen LogP contribution in [0.15, 0.2) is 36.5 Å². The van der Waals surface area contributed by atoms with E-state index in [4.69, 9.17) is 10.6 Å². The van der Waals surface area contributed by atoms with Gasteiger partial charge in [-0.1, -0.05) is 32.8 Å². The molecular weight excluding hydrogens is 300 g/mol. The van der Waals surface area contributed by atoms with Gasteiger partial charge in [0, 0.05) is 25.0 Å². The molecule has 1 aliphatic rings. The van der Waals surface area contributed by atoms with Gasteiger partial charge in [0.2, 0.25) is 5.88 Å². The zero-order valence-corrected chi connectivity index (χ0v) is 15.2. The predicted octanol–water partition coefficient (Wildman–Crippen LogP) is 3.46. The average molecular weight is 332 g/mol. The second-order valence-electron chi connectivity index (χ2n) is 6.43. The summed E-state index contributed by atoms with van der Waals surface area (Å²) in [6.45, 7) is 8.88. The highest BCUT2D eigenvalue weighted by Gasteiger charge is 2.27. The summed E-state index contributed by atoms with van der Waals surface area (Å²) >= 11 is 0. The van der Waals surface area contributed by atoms with Crippen LogP contribution in [0.3, 0.4) is 0 Å². The Bertz CT molecular complexity index is 483. The van der Waals surface area contributed by atoms with E-state index in [0.717, 1.165) is 25.1 Å². The number of rotatable bonds is 11. The molecule has 24 heavy (non-hydrogen) atoms. The Kier molecular flexibility index (Phi) is 8.05. The highest BCUT2D eigenvalue weighted by molar-refractivity contribution is 5.21. The SMILES string of the molecule is CCCCN(CCCC)CCCN1OC(N)=CC1c1cccnc1. The molecule has 0 aliphatic carbocycles. The van der Waals surface area contributed by atoms with Gasteiger partial charge >= 0.3 is 0 Å². The predicted molar refractivity (Wildman–Crippen MR) is 97.9 cm³/mol. The normalized spacial score (nSPS) is 18.0. The Morgan fingerprint density at radius 2 is 1.88 bits per heavy atom. The largest absolute Gasteiger partial charge is 0.388 e. The van der Waals surface area contributed by atoms with Crippen molar-refractivity contribution in [2.75, 3.05) is 26.2 Å². The fraction of sp³-hybridized carbons (Fsp3) is 0.632. The van der Waals surface area contributed by atoms with Crippen LogP contribution in [-0.4, -0.2) is 41.1 Å². The van der Waals surface area contributed by atoms with Crippen LogP contribution in [0.2, 0.25) is 0 Å². The first-order valence-corrected chi connectivity index (χ1v) is 9.28. The molecule has 0 amide bonds. The van der Waals surface area contributed by atoms with Crippen LogP contribution in [0.1, 0.15) is 57.6 Å². The van der Waals surface area contributed by atoms with Crippen LogP contribution in [0.4, 0.5) is 0 Å². The van der Waals surface area contributed by atoms with Gasteiger partial charge in [-0.2, -0.15) is 0 Å². The zero-order valence-electron chi connectivity index (χ0n) is 15.2. The summed E-state index contributed by atoms with van der Waals surface area (Å²) in [5.41, 5.74) is 7.00. The van der Waals surface area contributed by atoms with Gasteiger partial charge in [-0.3, -0.25) is 4.98 Å². The number of aromatic nitrogens is 1. The Morgan fingerprint density at radius 3 is 2.50 bits per heavy atom. The van der Waals surface area contributed by atoms with Crippen LogP contribution in [0.5, 0.6) is 0 Å². The molecule has 2 rings (SSSR count). The number of hydroxylamine groups is 2. The smallest absolute Gasteiger partial charge is 0.207 e. The third-order valence-corrected chi connectivity index (χ3v) is 4.39. The molecule has 0 saturated carbocycles. The molecule has 5 heteroatoms. The number of hydrogen-bond donors (Lipinski definition) is 1. The second-order valence-corrected chi connectivity index (χ2v) is 6.43. The molecule has 0 fully saturated rings. The monoisotopic (exact) mass is 332 g/mol. The van der Waals surface area contributed by atoms with Gasteiger partial charge in [0.05, 0.1) is 6.04 Å². The van der Waals surface area contributed by atoms with E-state index in [9.17, 15) is 0 Å². The van der Waals surface area contributed by atoms with Gasteiger partial charge < -0.3 is 15.5 Å². The number of nitrogens with two attached hydrogens (primary N) is 1. The lowest BCUT2D eigenvalue weighted by Gasteiger charge is -2.25. The first-order valence-electron chi connectivity index (χ1n) is 9.28. The Morgan fingerprint density at radius 1 is 1.17 bits per heavy atom. The van der Waals surface area contributed by atoms with E-state index in [-0.39, 0.29) is 6.04 Å². The first kappa shape index (κ1) is 18.7. The minimum atomic E-state index is 0.0680. The van der Waals surface area contributed by atoms with Crippen molar-refractivity contribution in [3.8, 4) is 0 Å². The summed E-state index contributed by atoms with van der Waals surface area (Å²) in [6.07, 6.45) is 11.8. The van der Waals surface area contributed by atoms with Gasteiger partial charge in [-0.25, -0.2) is 0 Å². The Balaban J connectivity index is 1.83. The number of unbranched alkanes of at least 4 members (excludes halogenated alkanes) is 2. The standard InChI is InChI=1S/C19H32N4O/c1-3-5-11-22(12-6-4-2)13-8-14-23-18(15-19(20)24-23)17-9-7-10-21-16-17/h7,9-10,15-16,18H,3-6,8,11-14,20H2,1-2H3. The molecule has 0 spiro atoms. The molecule has 134 valence electrons. The van der Waals surface area contributed by atoms with Crippen molar-refractivity contribution in [2.45, 2.75) is 52.0 Å². The van der Waals surface area contributed by atoms with Crippen LogP contribution in [0, 0.1) is 0 Å². The number of pyridine rings is 1. The van der Waals surface area contributed by atoms with E-state index in [1.54, 1.807) is 6.20 Å². The summed E-state index contributed by atoms with van der Waals surface area (Å²) in [5.74, 6) is 0.484. The lowest BCUT2D eigenvalue weighted by molar-refractivity contribution is -0.121. The summed E-state index contributed by atoms with van der Waals surface area (Å²) in [6, 6.07) is 4.09. The number of nitrogens with zero attached hydrogens (tertiary/aromatic N) is 3. The minimum Gasteiger partial charge on any atom is -0.388 e. The van der Waals surface area contributed by atoms with Crippen molar-refractivity contribution >= 4 is 0 Å². The average Bonchev–Trinajstić information content (AvgIpc) is 2.98. The molecular formula is C19H32N4O. The van der Waals surface area contributed by atoms with Crippen molar-refractivity contribution < 1.29 is 4.84 Å². The van der Waals surface area contributed by atoms with E-state index in [1.807, 2.05) is 23.4 Å². The Labute approximate surface area is 146 Å². The molecule has 0 bridgehead atoms. The molecule has 1 aromatic heterocycles. The third-order valence-electron chi connectivity index (χ3n) is 4.39. The van der Waals surface area contributed by atoms with E-state index in [1.165, 1.54) is 38.8 Å². The van der Waals surface area contributed by atoms with Gasteiger partial charge in [0.15, 0.2) is 0 Å². The maximum absolute atomic E-state index is 5.88. The second kappa shape index (κ2) is 10.3. The molecule has 0 aromatic carbocycles. The maximum atomic E-state index is 5.88. The molecule has 1 unspecified atom stereocenters. The molecule has 1 aromatic rings. The third kappa shape index (κ3) is 5.80. The maximum Gasteiger partial charge on any atom is 0.207 e. The Hall–Kier alpha value is -1.59. The molecule has 5 nitrogen and oxygen atoms in total. The fourth-order valence-electron chi connectivity index (χ4n) is 3.01. The summed E-state index contributed by atoms with van der Waals surface area (Å²) in [7, 11) is 0. The van der Waals surface area contributed by atoms with E-state index in [2.05, 4.69) is 29.8 Å². The van der Waals surface area contributed by atoms with Crippen LogP contribution < -0.4 is 5.73 Å².